The summed E-state index contributed by atoms with van der Waals surface area (Å²) in [5, 5.41) is 5.76. The lowest BCUT2D eigenvalue weighted by atomic mass is 9.98. The number of amides is 6. The van der Waals surface area contributed by atoms with E-state index in [1.807, 2.05) is 0 Å². The number of nitrogens with zero attached hydrogens (tertiary/aromatic N) is 4. The number of methoxy groups -OCH3 is 4. The third-order valence-electron chi connectivity index (χ3n) is 12.1. The highest BCUT2D eigenvalue weighted by atomic mass is 19.1. The first-order valence-corrected chi connectivity index (χ1v) is 22.8. The number of halogens is 2. The molecule has 0 fully saturated rings. The number of ether oxygens (including phenoxy) is 4. The van der Waals surface area contributed by atoms with Gasteiger partial charge in [0.1, 0.15) is 18.1 Å². The van der Waals surface area contributed by atoms with Crippen LogP contribution in [0.5, 0.6) is 0 Å². The Balaban J connectivity index is 1.18. The summed E-state index contributed by atoms with van der Waals surface area (Å²) < 4.78 is 48.0. The summed E-state index contributed by atoms with van der Waals surface area (Å²) in [6.07, 6.45) is 0.367. The SMILES string of the molecule is COCCN(CCOC)C(=O)c1cc2c(cc1C(=O)NCCc1ccc(F)cc1)CN(C(=O)CC(=O)N1Cc3cc(C(=O)NCCc4ccc(F)cc4)c(C(=O)N(CCOC)CCOC)cc3C1)C2. The van der Waals surface area contributed by atoms with Crippen LogP contribution in [0, 0.1) is 11.6 Å². The second-order valence-corrected chi connectivity index (χ2v) is 16.8. The van der Waals surface area contributed by atoms with Crippen molar-refractivity contribution in [2.24, 2.45) is 0 Å². The first kappa shape index (κ1) is 51.8. The van der Waals surface area contributed by atoms with Crippen LogP contribution in [0.15, 0.2) is 72.8 Å². The largest absolute Gasteiger partial charge is 0.383 e. The van der Waals surface area contributed by atoms with Crippen molar-refractivity contribution in [1.82, 2.24) is 30.2 Å². The van der Waals surface area contributed by atoms with E-state index in [0.717, 1.165) is 11.1 Å². The monoisotopic (exact) mass is 954 g/mol. The number of benzene rings is 4. The zero-order valence-corrected chi connectivity index (χ0v) is 39.6. The van der Waals surface area contributed by atoms with Crippen molar-refractivity contribution in [3.63, 3.8) is 0 Å². The molecule has 2 N–H and O–H groups in total. The Labute approximate surface area is 400 Å². The average molecular weight is 955 g/mol. The average Bonchev–Trinajstić information content (AvgIpc) is 3.98. The molecule has 0 bridgehead atoms. The lowest BCUT2D eigenvalue weighted by molar-refractivity contribution is -0.141. The van der Waals surface area contributed by atoms with Crippen molar-refractivity contribution in [3.05, 3.63) is 140 Å². The second-order valence-electron chi connectivity index (χ2n) is 16.8. The van der Waals surface area contributed by atoms with Gasteiger partial charge in [0.15, 0.2) is 0 Å². The molecule has 2 heterocycles. The van der Waals surface area contributed by atoms with Crippen molar-refractivity contribution >= 4 is 35.4 Å². The van der Waals surface area contributed by atoms with E-state index >= 15 is 0 Å². The number of carbonyl (C=O) groups is 6. The van der Waals surface area contributed by atoms with Gasteiger partial charge < -0.3 is 49.2 Å². The number of hydrogen-bond donors (Lipinski definition) is 2. The molecule has 18 heteroatoms. The van der Waals surface area contributed by atoms with E-state index in [1.165, 1.54) is 72.3 Å². The third kappa shape index (κ3) is 13.8. The molecular weight excluding hydrogens is 895 g/mol. The normalized spacial score (nSPS) is 12.7. The maximum absolute atomic E-state index is 14.2. The first-order chi connectivity index (χ1) is 33.3. The number of fused-ring (bicyclic) bond motifs is 2. The molecule has 69 heavy (non-hydrogen) atoms. The molecule has 0 spiro atoms. The summed E-state index contributed by atoms with van der Waals surface area (Å²) in [6, 6.07) is 18.4. The summed E-state index contributed by atoms with van der Waals surface area (Å²) in [4.78, 5) is 89.9. The molecule has 4 aromatic carbocycles. The van der Waals surface area contributed by atoms with E-state index in [0.29, 0.717) is 35.1 Å². The van der Waals surface area contributed by atoms with E-state index in [-0.39, 0.29) is 126 Å². The number of nitrogens with one attached hydrogen (secondary N) is 2. The van der Waals surface area contributed by atoms with Gasteiger partial charge in [-0.05, 0) is 94.8 Å². The van der Waals surface area contributed by atoms with Crippen LogP contribution in [0.2, 0.25) is 0 Å². The highest BCUT2D eigenvalue weighted by molar-refractivity contribution is 6.09. The highest BCUT2D eigenvalue weighted by Crippen LogP contribution is 2.31. The Bertz CT molecular complexity index is 2290. The summed E-state index contributed by atoms with van der Waals surface area (Å²) in [5.74, 6) is -3.49. The fourth-order valence-electron chi connectivity index (χ4n) is 8.25. The van der Waals surface area contributed by atoms with Crippen LogP contribution in [-0.2, 0) is 67.6 Å². The molecule has 0 saturated carbocycles. The van der Waals surface area contributed by atoms with E-state index < -0.39 is 41.9 Å². The third-order valence-corrected chi connectivity index (χ3v) is 12.1. The molecule has 2 aliphatic rings. The zero-order valence-electron chi connectivity index (χ0n) is 39.6. The minimum absolute atomic E-state index is 0.0941. The smallest absolute Gasteiger partial charge is 0.254 e. The minimum Gasteiger partial charge on any atom is -0.383 e. The van der Waals surface area contributed by atoms with Gasteiger partial charge in [-0.25, -0.2) is 8.78 Å². The van der Waals surface area contributed by atoms with Gasteiger partial charge in [-0.3, -0.25) is 28.8 Å². The van der Waals surface area contributed by atoms with Crippen molar-refractivity contribution in [2.45, 2.75) is 45.4 Å². The van der Waals surface area contributed by atoms with Crippen LogP contribution in [0.4, 0.5) is 8.78 Å². The topological polar surface area (TPSA) is 176 Å². The number of rotatable bonds is 24. The predicted octanol–water partition coefficient (Wildman–Crippen LogP) is 4.15. The Morgan fingerprint density at radius 2 is 0.797 bits per heavy atom. The van der Waals surface area contributed by atoms with Gasteiger partial charge in [-0.15, -0.1) is 0 Å². The lowest BCUT2D eigenvalue weighted by Gasteiger charge is -2.23. The van der Waals surface area contributed by atoms with Crippen LogP contribution >= 0.6 is 0 Å². The van der Waals surface area contributed by atoms with E-state index in [9.17, 15) is 37.5 Å². The molecule has 2 aliphatic heterocycles. The summed E-state index contributed by atoms with van der Waals surface area (Å²) in [6.45, 7) is 2.74. The van der Waals surface area contributed by atoms with Gasteiger partial charge in [0.25, 0.3) is 23.6 Å². The number of hydrogen-bond acceptors (Lipinski definition) is 10. The molecule has 6 amide bonds. The highest BCUT2D eigenvalue weighted by Gasteiger charge is 2.34. The first-order valence-electron chi connectivity index (χ1n) is 22.8. The van der Waals surface area contributed by atoms with Gasteiger partial charge in [0.2, 0.25) is 11.8 Å². The molecule has 4 aromatic rings. The van der Waals surface area contributed by atoms with Gasteiger partial charge >= 0.3 is 0 Å². The van der Waals surface area contributed by atoms with Gasteiger partial charge in [-0.1, -0.05) is 24.3 Å². The van der Waals surface area contributed by atoms with Crippen molar-refractivity contribution in [2.75, 3.05) is 94.1 Å². The molecule has 0 atom stereocenters. The quantitative estimate of drug-likeness (QED) is 0.0972. The minimum atomic E-state index is -0.497. The van der Waals surface area contributed by atoms with Crippen LogP contribution < -0.4 is 10.6 Å². The molecule has 0 aromatic heterocycles. The fourth-order valence-corrected chi connectivity index (χ4v) is 8.25. The predicted molar refractivity (Wildman–Crippen MR) is 250 cm³/mol. The van der Waals surface area contributed by atoms with Crippen LogP contribution in [-0.4, -0.2) is 149 Å². The zero-order chi connectivity index (χ0) is 49.5. The molecule has 0 saturated heterocycles. The molecule has 368 valence electrons. The maximum atomic E-state index is 14.2. The molecule has 16 nitrogen and oxygen atoms in total. The van der Waals surface area contributed by atoms with Gasteiger partial charge in [-0.2, -0.15) is 0 Å². The summed E-state index contributed by atoms with van der Waals surface area (Å²) in [5.41, 5.74) is 4.76. The lowest BCUT2D eigenvalue weighted by Crippen LogP contribution is -2.38. The van der Waals surface area contributed by atoms with Crippen LogP contribution in [0.3, 0.4) is 0 Å². The molecule has 0 radical (unpaired) electrons. The van der Waals surface area contributed by atoms with Crippen LogP contribution in [0.25, 0.3) is 0 Å². The Morgan fingerprint density at radius 1 is 0.493 bits per heavy atom. The summed E-state index contributed by atoms with van der Waals surface area (Å²) in [7, 11) is 6.09. The Morgan fingerprint density at radius 3 is 1.10 bits per heavy atom. The van der Waals surface area contributed by atoms with E-state index in [1.54, 1.807) is 48.5 Å². The Kier molecular flexibility index (Phi) is 18.9. The van der Waals surface area contributed by atoms with Gasteiger partial charge in [0, 0.05) is 93.9 Å². The van der Waals surface area contributed by atoms with Crippen molar-refractivity contribution in [1.29, 1.82) is 0 Å². The Hall–Kier alpha value is -6.60. The molecule has 0 aliphatic carbocycles. The summed E-state index contributed by atoms with van der Waals surface area (Å²) >= 11 is 0. The fraction of sp³-hybridized carbons (Fsp3) is 0.412. The standard InChI is InChI=1S/C51H60F2N6O10/c1-66-21-17-56(18-22-67-2)50(64)44-27-38-32-58(30-36(38)25-42(44)48(62)54-15-13-34-5-9-40(52)10-6-34)46(60)29-47(61)59-31-37-26-43(49(63)55-16-14-35-7-11-41(53)12-8-35)45(28-39(37)33-59)51(65)57(19-23-68-3)20-24-69-4/h5-12,25-28H,13-24,29-33H2,1-4H3,(H,54,62)(H,55,63). The van der Waals surface area contributed by atoms with Crippen molar-refractivity contribution < 1.29 is 56.5 Å². The molecule has 6 rings (SSSR count). The van der Waals surface area contributed by atoms with E-state index in [2.05, 4.69) is 10.6 Å². The van der Waals surface area contributed by atoms with Crippen molar-refractivity contribution in [3.8, 4) is 0 Å². The maximum Gasteiger partial charge on any atom is 0.254 e. The van der Waals surface area contributed by atoms with E-state index in [4.69, 9.17) is 18.9 Å². The van der Waals surface area contributed by atoms with Gasteiger partial charge in [0.05, 0.1) is 48.7 Å². The molecular formula is C51H60F2N6O10. The number of carbonyl (C=O) groups excluding carboxylic acids is 6. The second kappa shape index (κ2) is 25.1. The van der Waals surface area contributed by atoms with Crippen LogP contribution in [0.1, 0.15) is 81.2 Å². The molecule has 0 unspecified atom stereocenters.